The molecule has 4 aromatic rings. The van der Waals surface area contributed by atoms with Gasteiger partial charge in [0.25, 0.3) is 0 Å². The molecule has 0 saturated heterocycles. The summed E-state index contributed by atoms with van der Waals surface area (Å²) in [5, 5.41) is 11.5. The van der Waals surface area contributed by atoms with Gasteiger partial charge in [0.2, 0.25) is 0 Å². The van der Waals surface area contributed by atoms with Gasteiger partial charge in [-0.15, -0.1) is 0 Å². The van der Waals surface area contributed by atoms with Crippen molar-refractivity contribution >= 4 is 22.6 Å². The molecule has 0 atom stereocenters. The average Bonchev–Trinajstić information content (AvgIpc) is 3.13. The number of carbonyl (C=O) groups is 1. The summed E-state index contributed by atoms with van der Waals surface area (Å²) in [7, 11) is 1.64. The molecule has 0 bridgehead atoms. The third kappa shape index (κ3) is 3.42. The van der Waals surface area contributed by atoms with Crippen LogP contribution in [-0.2, 0) is 13.2 Å². The van der Waals surface area contributed by atoms with E-state index in [2.05, 4.69) is 11.1 Å². The first-order chi connectivity index (χ1) is 15.1. The van der Waals surface area contributed by atoms with Crippen LogP contribution in [0.25, 0.3) is 16.6 Å². The molecule has 154 valence electrons. The van der Waals surface area contributed by atoms with Crippen molar-refractivity contribution in [2.24, 2.45) is 0 Å². The maximum absolute atomic E-state index is 11.5. The summed E-state index contributed by atoms with van der Waals surface area (Å²) in [5.74, 6) is 0.191. The van der Waals surface area contributed by atoms with Crippen LogP contribution < -0.4 is 14.6 Å². The molecule has 0 aliphatic carbocycles. The second-order valence-corrected chi connectivity index (χ2v) is 7.31. The molecule has 0 saturated carbocycles. The molecular formula is C25H19N2O4-. The molecule has 0 spiro atoms. The summed E-state index contributed by atoms with van der Waals surface area (Å²) < 4.78 is 13.4. The Labute approximate surface area is 179 Å². The quantitative estimate of drug-likeness (QED) is 0.514. The van der Waals surface area contributed by atoms with E-state index in [4.69, 9.17) is 9.47 Å². The third-order valence-electron chi connectivity index (χ3n) is 5.52. The number of benzene rings is 3. The molecule has 31 heavy (non-hydrogen) atoms. The summed E-state index contributed by atoms with van der Waals surface area (Å²) in [6.45, 7) is 0.957. The zero-order chi connectivity index (χ0) is 21.4. The molecule has 1 aliphatic rings. The van der Waals surface area contributed by atoms with Crippen molar-refractivity contribution in [3.63, 3.8) is 0 Å². The number of methoxy groups -OCH3 is 1. The van der Waals surface area contributed by atoms with Crippen molar-refractivity contribution in [1.82, 2.24) is 9.55 Å². The fraction of sp³-hybridized carbons (Fsp3) is 0.120. The first kappa shape index (κ1) is 18.9. The minimum atomic E-state index is -1.22. The van der Waals surface area contributed by atoms with Gasteiger partial charge >= 0.3 is 0 Å². The summed E-state index contributed by atoms with van der Waals surface area (Å²) in [5.41, 5.74) is 5.65. The van der Waals surface area contributed by atoms with Gasteiger partial charge in [-0.05, 0) is 52.6 Å². The molecule has 6 heteroatoms. The lowest BCUT2D eigenvalue weighted by Crippen LogP contribution is -2.22. The Morgan fingerprint density at radius 3 is 2.87 bits per heavy atom. The van der Waals surface area contributed by atoms with Gasteiger partial charge in [0.15, 0.2) is 0 Å². The van der Waals surface area contributed by atoms with Crippen molar-refractivity contribution in [3.05, 3.63) is 95.3 Å². The second-order valence-electron chi connectivity index (χ2n) is 7.31. The van der Waals surface area contributed by atoms with Gasteiger partial charge in [-0.3, -0.25) is 0 Å². The first-order valence-electron chi connectivity index (χ1n) is 9.90. The highest BCUT2D eigenvalue weighted by Gasteiger charge is 2.19. The van der Waals surface area contributed by atoms with Gasteiger partial charge in [0, 0.05) is 18.2 Å². The van der Waals surface area contributed by atoms with Crippen LogP contribution in [0.2, 0.25) is 0 Å². The second kappa shape index (κ2) is 7.65. The van der Waals surface area contributed by atoms with Gasteiger partial charge in [0.05, 0.1) is 30.4 Å². The van der Waals surface area contributed by atoms with Crippen LogP contribution in [0.3, 0.4) is 0 Å². The first-order valence-corrected chi connectivity index (χ1v) is 9.90. The van der Waals surface area contributed by atoms with Crippen LogP contribution >= 0.6 is 0 Å². The number of fused-ring (bicyclic) bond motifs is 3. The summed E-state index contributed by atoms with van der Waals surface area (Å²) in [6.07, 6.45) is 3.87. The number of carboxylic acids is 1. The molecule has 0 radical (unpaired) electrons. The summed E-state index contributed by atoms with van der Waals surface area (Å²) in [4.78, 5) is 16.0. The highest BCUT2D eigenvalue weighted by Crippen LogP contribution is 2.37. The number of ether oxygens (including phenoxy) is 2. The molecule has 1 aromatic heterocycles. The Balaban J connectivity index is 1.65. The number of aromatic nitrogens is 2. The smallest absolute Gasteiger partial charge is 0.127 e. The van der Waals surface area contributed by atoms with Gasteiger partial charge < -0.3 is 23.9 Å². The van der Waals surface area contributed by atoms with Gasteiger partial charge in [-0.2, -0.15) is 0 Å². The number of allylic oxidation sites excluding steroid dienone is 1. The van der Waals surface area contributed by atoms with E-state index in [0.717, 1.165) is 39.0 Å². The van der Waals surface area contributed by atoms with Gasteiger partial charge in [-0.1, -0.05) is 30.3 Å². The number of aromatic carboxylic acids is 1. The Kier molecular flexibility index (Phi) is 4.67. The van der Waals surface area contributed by atoms with Gasteiger partial charge in [0.1, 0.15) is 18.1 Å². The Bertz CT molecular complexity index is 1340. The fourth-order valence-corrected chi connectivity index (χ4v) is 3.92. The average molecular weight is 411 g/mol. The molecule has 5 rings (SSSR count). The molecule has 6 nitrogen and oxygen atoms in total. The number of carbonyl (C=O) groups excluding carboxylic acids is 1. The van der Waals surface area contributed by atoms with Crippen molar-refractivity contribution in [2.45, 2.75) is 13.2 Å². The Morgan fingerprint density at radius 2 is 2.03 bits per heavy atom. The zero-order valence-electron chi connectivity index (χ0n) is 16.9. The van der Waals surface area contributed by atoms with Crippen LogP contribution in [0.5, 0.6) is 11.5 Å². The lowest BCUT2D eigenvalue weighted by molar-refractivity contribution is -0.255. The van der Waals surface area contributed by atoms with Crippen molar-refractivity contribution in [2.75, 3.05) is 7.11 Å². The van der Waals surface area contributed by atoms with Crippen molar-refractivity contribution in [3.8, 4) is 11.5 Å². The van der Waals surface area contributed by atoms with E-state index in [1.165, 1.54) is 6.07 Å². The van der Waals surface area contributed by atoms with E-state index < -0.39 is 5.97 Å². The van der Waals surface area contributed by atoms with Crippen LogP contribution in [0, 0.1) is 0 Å². The molecule has 0 amide bonds. The molecule has 3 aromatic carbocycles. The van der Waals surface area contributed by atoms with E-state index in [0.29, 0.717) is 18.9 Å². The standard InChI is InChI=1S/C25H20N2O4/c1-30-18-7-8-22-23(13-18)27(15-26-22)11-10-20-19-5-3-2-4-17(19)14-31-24-9-6-16(25(28)29)12-21(20)24/h2-10,12-13,15H,11,14H2,1H3,(H,28,29)/p-1/b20-10+. The molecule has 2 heterocycles. The predicted octanol–water partition coefficient (Wildman–Crippen LogP) is 3.43. The monoisotopic (exact) mass is 411 g/mol. The lowest BCUT2D eigenvalue weighted by atomic mass is 9.93. The number of imidazole rings is 1. The number of hydrogen-bond acceptors (Lipinski definition) is 5. The van der Waals surface area contributed by atoms with Crippen LogP contribution in [-0.4, -0.2) is 22.6 Å². The molecule has 0 fully saturated rings. The minimum absolute atomic E-state index is 0.116. The van der Waals surface area contributed by atoms with E-state index in [9.17, 15) is 9.90 Å². The van der Waals surface area contributed by atoms with Crippen molar-refractivity contribution < 1.29 is 19.4 Å². The highest BCUT2D eigenvalue weighted by molar-refractivity contribution is 5.91. The predicted molar refractivity (Wildman–Crippen MR) is 115 cm³/mol. The van der Waals surface area contributed by atoms with E-state index in [1.54, 1.807) is 25.6 Å². The third-order valence-corrected chi connectivity index (χ3v) is 5.52. The largest absolute Gasteiger partial charge is 0.545 e. The molecule has 0 N–H and O–H groups in total. The van der Waals surface area contributed by atoms with E-state index >= 15 is 0 Å². The van der Waals surface area contributed by atoms with Crippen LogP contribution in [0.4, 0.5) is 0 Å². The lowest BCUT2D eigenvalue weighted by Gasteiger charge is -2.13. The maximum Gasteiger partial charge on any atom is 0.127 e. The van der Waals surface area contributed by atoms with Crippen molar-refractivity contribution in [1.29, 1.82) is 0 Å². The highest BCUT2D eigenvalue weighted by atomic mass is 16.5. The number of carboxylic acid groups (broad SMARTS) is 1. The van der Waals surface area contributed by atoms with Crippen LogP contribution in [0.15, 0.2) is 73.1 Å². The maximum atomic E-state index is 11.5. The molecule has 0 unspecified atom stereocenters. The minimum Gasteiger partial charge on any atom is -0.545 e. The van der Waals surface area contributed by atoms with E-state index in [-0.39, 0.29) is 5.56 Å². The van der Waals surface area contributed by atoms with Gasteiger partial charge in [-0.25, -0.2) is 4.98 Å². The number of nitrogens with zero attached hydrogens (tertiary/aromatic N) is 2. The zero-order valence-corrected chi connectivity index (χ0v) is 16.9. The molecular weight excluding hydrogens is 392 g/mol. The SMILES string of the molecule is COc1ccc2ncn(C/C=C3\c4ccccc4COc4ccc(C(=O)[O-])cc43)c2c1. The summed E-state index contributed by atoms with van der Waals surface area (Å²) >= 11 is 0. The number of hydrogen-bond donors (Lipinski definition) is 0. The normalized spacial score (nSPS) is 13.9. The van der Waals surface area contributed by atoms with E-state index in [1.807, 2.05) is 47.0 Å². The number of rotatable bonds is 4. The Hall–Kier alpha value is -4.06. The fourth-order valence-electron chi connectivity index (χ4n) is 3.92. The summed E-state index contributed by atoms with van der Waals surface area (Å²) in [6, 6.07) is 18.6. The van der Waals surface area contributed by atoms with Crippen LogP contribution in [0.1, 0.15) is 27.0 Å². The molecule has 1 aliphatic heterocycles. The Morgan fingerprint density at radius 1 is 1.16 bits per heavy atom. The topological polar surface area (TPSA) is 76.4 Å².